The van der Waals surface area contributed by atoms with Gasteiger partial charge in [-0.25, -0.2) is 9.48 Å². The zero-order valence-electron chi connectivity index (χ0n) is 11.4. The van der Waals surface area contributed by atoms with Gasteiger partial charge in [0.15, 0.2) is 5.69 Å². The van der Waals surface area contributed by atoms with Crippen molar-refractivity contribution >= 4 is 17.8 Å². The molecular formula is C11H17N5O4. The van der Waals surface area contributed by atoms with E-state index in [9.17, 15) is 14.4 Å². The molecule has 2 amide bonds. The van der Waals surface area contributed by atoms with Crippen LogP contribution in [0.15, 0.2) is 6.20 Å². The molecule has 20 heavy (non-hydrogen) atoms. The minimum absolute atomic E-state index is 0.0562. The maximum absolute atomic E-state index is 11.8. The molecule has 0 aliphatic rings. The van der Waals surface area contributed by atoms with Crippen molar-refractivity contribution in [2.45, 2.75) is 19.9 Å². The van der Waals surface area contributed by atoms with Gasteiger partial charge in [0.2, 0.25) is 11.8 Å². The molecule has 2 N–H and O–H groups in total. The topological polar surface area (TPSA) is 117 Å². The molecule has 0 aromatic carbocycles. The standard InChI is InChI=1S/C11H17N5O4/c1-3-4-12-9(17)6-15(2)10(18)7-16-5-8(11(19)20)13-14-16/h5H,3-4,6-7H2,1-2H3,(H,12,17)(H,19,20). The third-order valence-electron chi connectivity index (χ3n) is 2.43. The summed E-state index contributed by atoms with van der Waals surface area (Å²) in [5.41, 5.74) is -0.235. The fraction of sp³-hybridized carbons (Fsp3) is 0.545. The lowest BCUT2D eigenvalue weighted by Crippen LogP contribution is -2.40. The van der Waals surface area contributed by atoms with E-state index >= 15 is 0 Å². The molecular weight excluding hydrogens is 266 g/mol. The van der Waals surface area contributed by atoms with Gasteiger partial charge in [-0.1, -0.05) is 12.1 Å². The monoisotopic (exact) mass is 283 g/mol. The summed E-state index contributed by atoms with van der Waals surface area (Å²) >= 11 is 0. The molecule has 0 saturated carbocycles. The highest BCUT2D eigenvalue weighted by molar-refractivity contribution is 5.85. The molecule has 0 unspecified atom stereocenters. The number of carboxylic acids is 1. The highest BCUT2D eigenvalue weighted by Crippen LogP contribution is 1.95. The number of nitrogens with one attached hydrogen (secondary N) is 1. The van der Waals surface area contributed by atoms with Crippen molar-refractivity contribution in [2.24, 2.45) is 0 Å². The van der Waals surface area contributed by atoms with Gasteiger partial charge in [0.1, 0.15) is 6.54 Å². The summed E-state index contributed by atoms with van der Waals surface area (Å²) in [4.78, 5) is 35.1. The average molecular weight is 283 g/mol. The van der Waals surface area contributed by atoms with Crippen LogP contribution in [0.4, 0.5) is 0 Å². The van der Waals surface area contributed by atoms with E-state index in [1.807, 2.05) is 6.92 Å². The van der Waals surface area contributed by atoms with E-state index in [4.69, 9.17) is 5.11 Å². The third kappa shape index (κ3) is 4.67. The third-order valence-corrected chi connectivity index (χ3v) is 2.43. The van der Waals surface area contributed by atoms with Gasteiger partial charge in [-0.3, -0.25) is 9.59 Å². The van der Waals surface area contributed by atoms with Crippen molar-refractivity contribution < 1.29 is 19.5 Å². The van der Waals surface area contributed by atoms with Gasteiger partial charge in [0.25, 0.3) is 0 Å². The van der Waals surface area contributed by atoms with Gasteiger partial charge >= 0.3 is 5.97 Å². The van der Waals surface area contributed by atoms with E-state index in [0.29, 0.717) is 6.54 Å². The molecule has 0 bridgehead atoms. The van der Waals surface area contributed by atoms with Crippen LogP contribution in [0.1, 0.15) is 23.8 Å². The second-order valence-corrected chi connectivity index (χ2v) is 4.21. The molecule has 110 valence electrons. The Labute approximate surface area is 115 Å². The van der Waals surface area contributed by atoms with Crippen LogP contribution in [0.2, 0.25) is 0 Å². The minimum atomic E-state index is -1.21. The number of amides is 2. The van der Waals surface area contributed by atoms with E-state index in [1.54, 1.807) is 0 Å². The molecule has 0 radical (unpaired) electrons. The average Bonchev–Trinajstić information content (AvgIpc) is 2.84. The maximum atomic E-state index is 11.8. The summed E-state index contributed by atoms with van der Waals surface area (Å²) in [6, 6.07) is 0. The lowest BCUT2D eigenvalue weighted by molar-refractivity contribution is -0.135. The number of hydrogen-bond acceptors (Lipinski definition) is 5. The largest absolute Gasteiger partial charge is 0.476 e. The van der Waals surface area contributed by atoms with E-state index in [-0.39, 0.29) is 30.6 Å². The molecule has 0 spiro atoms. The van der Waals surface area contributed by atoms with Crippen LogP contribution in [-0.2, 0) is 16.1 Å². The molecule has 1 heterocycles. The molecule has 9 nitrogen and oxygen atoms in total. The Morgan fingerprint density at radius 2 is 2.15 bits per heavy atom. The second-order valence-electron chi connectivity index (χ2n) is 4.21. The van der Waals surface area contributed by atoms with Gasteiger partial charge in [0.05, 0.1) is 12.7 Å². The molecule has 0 fully saturated rings. The van der Waals surface area contributed by atoms with Crippen molar-refractivity contribution in [2.75, 3.05) is 20.1 Å². The number of hydrogen-bond donors (Lipinski definition) is 2. The van der Waals surface area contributed by atoms with Crippen molar-refractivity contribution in [1.82, 2.24) is 25.2 Å². The van der Waals surface area contributed by atoms with Crippen LogP contribution in [0.3, 0.4) is 0 Å². The highest BCUT2D eigenvalue weighted by atomic mass is 16.4. The van der Waals surface area contributed by atoms with E-state index in [1.165, 1.54) is 11.9 Å². The molecule has 0 aliphatic carbocycles. The molecule has 0 saturated heterocycles. The van der Waals surface area contributed by atoms with Gasteiger partial charge in [-0.05, 0) is 6.42 Å². The number of aromatic carboxylic acids is 1. The van der Waals surface area contributed by atoms with Gasteiger partial charge in [-0.2, -0.15) is 0 Å². The van der Waals surface area contributed by atoms with Crippen LogP contribution in [0.5, 0.6) is 0 Å². The Morgan fingerprint density at radius 1 is 1.45 bits per heavy atom. The van der Waals surface area contributed by atoms with Gasteiger partial charge in [0, 0.05) is 13.6 Å². The summed E-state index contributed by atoms with van der Waals surface area (Å²) in [5.74, 6) is -1.82. The van der Waals surface area contributed by atoms with Gasteiger partial charge in [-0.15, -0.1) is 5.10 Å². The van der Waals surface area contributed by atoms with Crippen LogP contribution < -0.4 is 5.32 Å². The molecule has 1 rings (SSSR count). The first kappa shape index (κ1) is 15.6. The zero-order valence-corrected chi connectivity index (χ0v) is 11.4. The van der Waals surface area contributed by atoms with Crippen molar-refractivity contribution in [3.8, 4) is 0 Å². The number of carboxylic acid groups (broad SMARTS) is 1. The molecule has 1 aromatic heterocycles. The van der Waals surface area contributed by atoms with Crippen LogP contribution in [0, 0.1) is 0 Å². The SMILES string of the molecule is CCCNC(=O)CN(C)C(=O)Cn1cc(C(=O)O)nn1. The van der Waals surface area contributed by atoms with Crippen LogP contribution in [-0.4, -0.2) is 62.9 Å². The molecule has 9 heteroatoms. The number of nitrogens with zero attached hydrogens (tertiary/aromatic N) is 4. The Kier molecular flexibility index (Phi) is 5.63. The molecule has 0 atom stereocenters. The van der Waals surface area contributed by atoms with E-state index < -0.39 is 5.97 Å². The zero-order chi connectivity index (χ0) is 15.1. The van der Waals surface area contributed by atoms with E-state index in [2.05, 4.69) is 15.6 Å². The maximum Gasteiger partial charge on any atom is 0.358 e. The van der Waals surface area contributed by atoms with Gasteiger partial charge < -0.3 is 15.3 Å². The summed E-state index contributed by atoms with van der Waals surface area (Å²) < 4.78 is 1.12. The van der Waals surface area contributed by atoms with Crippen molar-refractivity contribution in [3.63, 3.8) is 0 Å². The number of carbonyl (C=O) groups is 3. The Balaban J connectivity index is 2.48. The normalized spacial score (nSPS) is 10.1. The van der Waals surface area contributed by atoms with Crippen molar-refractivity contribution in [3.05, 3.63) is 11.9 Å². The predicted octanol–water partition coefficient (Wildman–Crippen LogP) is -1.04. The minimum Gasteiger partial charge on any atom is -0.476 e. The molecule has 1 aromatic rings. The fourth-order valence-electron chi connectivity index (χ4n) is 1.36. The summed E-state index contributed by atoms with van der Waals surface area (Å²) in [7, 11) is 1.49. The summed E-state index contributed by atoms with van der Waals surface area (Å²) in [5, 5.41) is 18.3. The van der Waals surface area contributed by atoms with Crippen LogP contribution in [0.25, 0.3) is 0 Å². The Morgan fingerprint density at radius 3 is 2.70 bits per heavy atom. The first-order chi connectivity index (χ1) is 9.43. The van der Waals surface area contributed by atoms with E-state index in [0.717, 1.165) is 17.3 Å². The smallest absolute Gasteiger partial charge is 0.358 e. The number of rotatable bonds is 7. The lowest BCUT2D eigenvalue weighted by atomic mass is 10.4. The lowest BCUT2D eigenvalue weighted by Gasteiger charge is -2.16. The van der Waals surface area contributed by atoms with Crippen LogP contribution >= 0.6 is 0 Å². The number of aromatic nitrogens is 3. The fourth-order valence-corrected chi connectivity index (χ4v) is 1.36. The number of carbonyl (C=O) groups excluding carboxylic acids is 2. The first-order valence-corrected chi connectivity index (χ1v) is 6.08. The number of likely N-dealkylation sites (N-methyl/N-ethyl adjacent to an activating group) is 1. The van der Waals surface area contributed by atoms with Crippen molar-refractivity contribution in [1.29, 1.82) is 0 Å². The highest BCUT2D eigenvalue weighted by Gasteiger charge is 2.15. The Hall–Kier alpha value is -2.45. The Bertz CT molecular complexity index is 499. The summed E-state index contributed by atoms with van der Waals surface area (Å²) in [6.45, 7) is 2.27. The second kappa shape index (κ2) is 7.22. The first-order valence-electron chi connectivity index (χ1n) is 6.08. The predicted molar refractivity (Wildman–Crippen MR) is 67.9 cm³/mol. The summed E-state index contributed by atoms with van der Waals surface area (Å²) in [6.07, 6.45) is 1.98. The molecule has 0 aliphatic heterocycles. The quantitative estimate of drug-likeness (QED) is 0.660.